The van der Waals surface area contributed by atoms with Crippen molar-refractivity contribution >= 4 is 33.2 Å². The van der Waals surface area contributed by atoms with Crippen LogP contribution in [0.5, 0.6) is 0 Å². The molecule has 0 aliphatic heterocycles. The van der Waals surface area contributed by atoms with Crippen molar-refractivity contribution in [1.29, 1.82) is 0 Å². The number of nitrogens with two attached hydrogens (primary N) is 2. The minimum absolute atomic E-state index is 0.0652. The Morgan fingerprint density at radius 1 is 1.24 bits per heavy atom. The molecule has 0 aliphatic carbocycles. The fraction of sp³-hybridized carbons (Fsp3) is 0.167. The molecule has 5 N–H and O–H groups in total. The number of anilines is 2. The maximum atomic E-state index is 12.5. The van der Waals surface area contributed by atoms with Crippen LogP contribution in [0.25, 0.3) is 0 Å². The summed E-state index contributed by atoms with van der Waals surface area (Å²) in [7, 11) is -3.67. The number of benzene rings is 1. The van der Waals surface area contributed by atoms with Crippen LogP contribution in [0.3, 0.4) is 0 Å². The number of rotatable bonds is 4. The van der Waals surface area contributed by atoms with Gasteiger partial charge in [0.05, 0.1) is 11.4 Å². The Bertz CT molecular complexity index is 739. The molecule has 112 valence electrons. The van der Waals surface area contributed by atoms with Gasteiger partial charge in [0.15, 0.2) is 9.84 Å². The zero-order valence-electron chi connectivity index (χ0n) is 11.2. The summed E-state index contributed by atoms with van der Waals surface area (Å²) in [6.45, 7) is 1.54. The molecule has 1 heterocycles. The fourth-order valence-corrected chi connectivity index (χ4v) is 3.67. The molecule has 0 amide bonds. The van der Waals surface area contributed by atoms with Crippen molar-refractivity contribution in [2.75, 3.05) is 11.2 Å². The third-order valence-corrected chi connectivity index (χ3v) is 4.86. The highest BCUT2D eigenvalue weighted by atomic mass is 35.5. The van der Waals surface area contributed by atoms with Crippen LogP contribution in [0, 0.1) is 6.92 Å². The zero-order valence-corrected chi connectivity index (χ0v) is 12.7. The lowest BCUT2D eigenvalue weighted by atomic mass is 10.2. The quantitative estimate of drug-likeness (QED) is 0.570. The van der Waals surface area contributed by atoms with Gasteiger partial charge < -0.3 is 5.73 Å². The van der Waals surface area contributed by atoms with Gasteiger partial charge in [-0.3, -0.25) is 5.43 Å². The average molecular weight is 328 g/mol. The van der Waals surface area contributed by atoms with Crippen LogP contribution in [0.15, 0.2) is 29.2 Å². The Labute approximate surface area is 127 Å². The summed E-state index contributed by atoms with van der Waals surface area (Å²) in [5.74, 6) is 4.91. The highest BCUT2D eigenvalue weighted by Gasteiger charge is 2.23. The number of hydrazine groups is 1. The topological polar surface area (TPSA) is 124 Å². The molecule has 2 aromatic rings. The second-order valence-electron chi connectivity index (χ2n) is 4.38. The van der Waals surface area contributed by atoms with Crippen molar-refractivity contribution < 1.29 is 8.42 Å². The molecule has 21 heavy (non-hydrogen) atoms. The van der Waals surface area contributed by atoms with Crippen LogP contribution in [-0.2, 0) is 15.6 Å². The van der Waals surface area contributed by atoms with E-state index >= 15 is 0 Å². The van der Waals surface area contributed by atoms with Crippen LogP contribution >= 0.6 is 11.6 Å². The van der Waals surface area contributed by atoms with Gasteiger partial charge in [0.25, 0.3) is 0 Å². The minimum atomic E-state index is -3.67. The van der Waals surface area contributed by atoms with Gasteiger partial charge in [-0.25, -0.2) is 19.2 Å². The summed E-state index contributed by atoms with van der Waals surface area (Å²) in [5.41, 5.74) is 8.78. The Kier molecular flexibility index (Phi) is 4.31. The number of aromatic nitrogens is 2. The first-order chi connectivity index (χ1) is 9.83. The molecule has 0 fully saturated rings. The van der Waals surface area contributed by atoms with Gasteiger partial charge in [0.1, 0.15) is 10.7 Å². The van der Waals surface area contributed by atoms with Crippen LogP contribution < -0.4 is 17.0 Å². The molecule has 0 spiro atoms. The Balaban J connectivity index is 2.42. The smallest absolute Gasteiger partial charge is 0.239 e. The lowest BCUT2D eigenvalue weighted by Gasteiger charge is -2.11. The highest BCUT2D eigenvalue weighted by Crippen LogP contribution is 2.25. The third kappa shape index (κ3) is 3.41. The molecule has 0 unspecified atom stereocenters. The summed E-state index contributed by atoms with van der Waals surface area (Å²) in [4.78, 5) is 7.67. The average Bonchev–Trinajstić information content (AvgIpc) is 2.39. The molecule has 7 nitrogen and oxygen atoms in total. The van der Waals surface area contributed by atoms with Crippen LogP contribution in [0.1, 0.15) is 11.3 Å². The first-order valence-electron chi connectivity index (χ1n) is 5.91. The van der Waals surface area contributed by atoms with Gasteiger partial charge in [-0.1, -0.05) is 23.7 Å². The van der Waals surface area contributed by atoms with Crippen molar-refractivity contribution in [3.63, 3.8) is 0 Å². The number of hydrogen-bond acceptors (Lipinski definition) is 7. The van der Waals surface area contributed by atoms with Crippen LogP contribution in [0.2, 0.25) is 5.02 Å². The van der Waals surface area contributed by atoms with Crippen molar-refractivity contribution in [2.45, 2.75) is 17.6 Å². The molecule has 1 aromatic heterocycles. The highest BCUT2D eigenvalue weighted by molar-refractivity contribution is 7.90. The van der Waals surface area contributed by atoms with Gasteiger partial charge in [-0.05, 0) is 24.6 Å². The van der Waals surface area contributed by atoms with E-state index in [2.05, 4.69) is 15.4 Å². The summed E-state index contributed by atoms with van der Waals surface area (Å²) < 4.78 is 25.0. The molecule has 0 saturated heterocycles. The standard InChI is InChI=1S/C12H14ClN5O2S/c1-7-10(11(14)17-12(16-7)18-15)21(19,20)6-8-2-4-9(13)5-3-8/h2-5H,6,15H2,1H3,(H3,14,16,17,18). The molecule has 0 aliphatic rings. The number of halogens is 1. The molecule has 0 bridgehead atoms. The molecule has 0 radical (unpaired) electrons. The summed E-state index contributed by atoms with van der Waals surface area (Å²) in [6, 6.07) is 6.53. The first kappa shape index (κ1) is 15.5. The van der Waals surface area contributed by atoms with Gasteiger partial charge in [-0.15, -0.1) is 0 Å². The number of sulfone groups is 1. The Morgan fingerprint density at radius 2 is 1.86 bits per heavy atom. The summed E-state index contributed by atoms with van der Waals surface area (Å²) in [6.07, 6.45) is 0. The summed E-state index contributed by atoms with van der Waals surface area (Å²) in [5, 5.41) is 0.536. The molecule has 1 aromatic carbocycles. The monoisotopic (exact) mass is 327 g/mol. The number of aryl methyl sites for hydroxylation is 1. The molecule has 0 atom stereocenters. The van der Waals surface area contributed by atoms with Crippen molar-refractivity contribution in [3.8, 4) is 0 Å². The van der Waals surface area contributed by atoms with Crippen molar-refractivity contribution in [1.82, 2.24) is 9.97 Å². The molecule has 2 rings (SSSR count). The fourth-order valence-electron chi connectivity index (χ4n) is 1.91. The number of nitrogens with one attached hydrogen (secondary N) is 1. The second-order valence-corrected chi connectivity index (χ2v) is 6.74. The minimum Gasteiger partial charge on any atom is -0.382 e. The molecule has 0 saturated carbocycles. The lowest BCUT2D eigenvalue weighted by molar-refractivity contribution is 0.594. The largest absolute Gasteiger partial charge is 0.382 e. The summed E-state index contributed by atoms with van der Waals surface area (Å²) >= 11 is 5.78. The normalized spacial score (nSPS) is 11.4. The van der Waals surface area contributed by atoms with Gasteiger partial charge in [0, 0.05) is 5.02 Å². The van der Waals surface area contributed by atoms with E-state index < -0.39 is 9.84 Å². The Hall–Kier alpha value is -1.90. The lowest BCUT2D eigenvalue weighted by Crippen LogP contribution is -2.17. The SMILES string of the molecule is Cc1nc(NN)nc(N)c1S(=O)(=O)Cc1ccc(Cl)cc1. The van der Waals surface area contributed by atoms with E-state index in [0.29, 0.717) is 10.6 Å². The van der Waals surface area contributed by atoms with E-state index in [0.717, 1.165) is 0 Å². The molecular formula is C12H14ClN5O2S. The van der Waals surface area contributed by atoms with E-state index in [1.54, 1.807) is 24.3 Å². The van der Waals surface area contributed by atoms with E-state index in [9.17, 15) is 8.42 Å². The maximum absolute atomic E-state index is 12.5. The van der Waals surface area contributed by atoms with Crippen molar-refractivity contribution in [2.24, 2.45) is 5.84 Å². The van der Waals surface area contributed by atoms with Gasteiger partial charge >= 0.3 is 0 Å². The number of nitrogens with zero attached hydrogens (tertiary/aromatic N) is 2. The molecular weight excluding hydrogens is 314 g/mol. The van der Waals surface area contributed by atoms with E-state index in [1.165, 1.54) is 6.92 Å². The van der Waals surface area contributed by atoms with Crippen molar-refractivity contribution in [3.05, 3.63) is 40.5 Å². The Morgan fingerprint density at radius 3 is 2.38 bits per heavy atom. The van der Waals surface area contributed by atoms with E-state index in [4.69, 9.17) is 23.2 Å². The third-order valence-electron chi connectivity index (χ3n) is 2.77. The van der Waals surface area contributed by atoms with Crippen LogP contribution in [0.4, 0.5) is 11.8 Å². The number of hydrogen-bond donors (Lipinski definition) is 3. The van der Waals surface area contributed by atoms with E-state index in [1.807, 2.05) is 0 Å². The van der Waals surface area contributed by atoms with Gasteiger partial charge in [-0.2, -0.15) is 4.98 Å². The van der Waals surface area contributed by atoms with Crippen LogP contribution in [-0.4, -0.2) is 18.4 Å². The number of nitrogen functional groups attached to an aromatic ring is 2. The van der Waals surface area contributed by atoms with Gasteiger partial charge in [0.2, 0.25) is 5.95 Å². The molecule has 9 heteroatoms. The predicted molar refractivity (Wildman–Crippen MR) is 81.3 cm³/mol. The maximum Gasteiger partial charge on any atom is 0.239 e. The zero-order chi connectivity index (χ0) is 15.6. The predicted octanol–water partition coefficient (Wildman–Crippen LogP) is 1.28. The first-order valence-corrected chi connectivity index (χ1v) is 7.94. The van der Waals surface area contributed by atoms with E-state index in [-0.39, 0.29) is 28.1 Å². The second kappa shape index (κ2) is 5.84.